The van der Waals surface area contributed by atoms with Crippen LogP contribution in [0.4, 0.5) is 5.69 Å². The molecule has 0 saturated heterocycles. The third-order valence-corrected chi connectivity index (χ3v) is 3.53. The highest BCUT2D eigenvalue weighted by Crippen LogP contribution is 2.18. The molecule has 2 amide bonds. The van der Waals surface area contributed by atoms with Gasteiger partial charge in [-0.05, 0) is 37.1 Å². The van der Waals surface area contributed by atoms with Crippen LogP contribution in [0.2, 0.25) is 0 Å². The molecule has 0 aliphatic heterocycles. The molecule has 0 aliphatic carbocycles. The second-order valence-electron chi connectivity index (χ2n) is 5.28. The van der Waals surface area contributed by atoms with Gasteiger partial charge in [-0.1, -0.05) is 35.9 Å². The van der Waals surface area contributed by atoms with E-state index in [1.54, 1.807) is 13.1 Å². The van der Waals surface area contributed by atoms with Crippen molar-refractivity contribution in [2.75, 3.05) is 12.4 Å². The number of hydrogen-bond acceptors (Lipinski definition) is 2. The summed E-state index contributed by atoms with van der Waals surface area (Å²) in [4.78, 5) is 24.0. The average Bonchev–Trinajstić information content (AvgIpc) is 2.51. The number of anilines is 1. The molecule has 2 N–H and O–H groups in total. The second-order valence-corrected chi connectivity index (χ2v) is 5.28. The van der Waals surface area contributed by atoms with Crippen LogP contribution in [0.25, 0.3) is 0 Å². The van der Waals surface area contributed by atoms with Crippen molar-refractivity contribution in [1.82, 2.24) is 5.32 Å². The van der Waals surface area contributed by atoms with Gasteiger partial charge in [0.05, 0.1) is 6.42 Å². The van der Waals surface area contributed by atoms with Gasteiger partial charge in [-0.15, -0.1) is 0 Å². The van der Waals surface area contributed by atoms with Gasteiger partial charge in [0.15, 0.2) is 0 Å². The van der Waals surface area contributed by atoms with Crippen molar-refractivity contribution >= 4 is 17.5 Å². The van der Waals surface area contributed by atoms with E-state index in [0.29, 0.717) is 11.3 Å². The molecule has 2 aromatic carbocycles. The topological polar surface area (TPSA) is 58.2 Å². The first-order valence-electron chi connectivity index (χ1n) is 7.18. The van der Waals surface area contributed by atoms with Gasteiger partial charge in [0.2, 0.25) is 5.91 Å². The van der Waals surface area contributed by atoms with E-state index in [9.17, 15) is 9.59 Å². The van der Waals surface area contributed by atoms with Gasteiger partial charge >= 0.3 is 0 Å². The predicted octanol–water partition coefficient (Wildman–Crippen LogP) is 2.84. The highest BCUT2D eigenvalue weighted by Gasteiger charge is 2.12. The summed E-state index contributed by atoms with van der Waals surface area (Å²) < 4.78 is 0. The van der Waals surface area contributed by atoms with Gasteiger partial charge < -0.3 is 10.6 Å². The van der Waals surface area contributed by atoms with Gasteiger partial charge in [0, 0.05) is 18.3 Å². The third-order valence-electron chi connectivity index (χ3n) is 3.53. The van der Waals surface area contributed by atoms with Crippen molar-refractivity contribution in [3.8, 4) is 0 Å². The lowest BCUT2D eigenvalue weighted by molar-refractivity contribution is -0.119. The largest absolute Gasteiger partial charge is 0.359 e. The lowest BCUT2D eigenvalue weighted by Gasteiger charge is -2.12. The molecular formula is C18H20N2O2. The van der Waals surface area contributed by atoms with Crippen LogP contribution >= 0.6 is 0 Å². The maximum atomic E-state index is 12.5. The summed E-state index contributed by atoms with van der Waals surface area (Å²) in [6.45, 7) is 3.86. The molecule has 0 spiro atoms. The van der Waals surface area contributed by atoms with Crippen LogP contribution in [0, 0.1) is 13.8 Å². The second kappa shape index (κ2) is 6.89. The van der Waals surface area contributed by atoms with Crippen molar-refractivity contribution in [3.63, 3.8) is 0 Å². The van der Waals surface area contributed by atoms with Crippen LogP contribution in [0.5, 0.6) is 0 Å². The molecule has 4 heteroatoms. The van der Waals surface area contributed by atoms with E-state index in [4.69, 9.17) is 0 Å². The average molecular weight is 296 g/mol. The number of para-hydroxylation sites is 1. The summed E-state index contributed by atoms with van der Waals surface area (Å²) in [7, 11) is 1.60. The molecular weight excluding hydrogens is 276 g/mol. The number of rotatable bonds is 4. The molecule has 0 fully saturated rings. The van der Waals surface area contributed by atoms with E-state index in [1.807, 2.05) is 50.2 Å². The molecule has 0 aliphatic rings. The van der Waals surface area contributed by atoms with E-state index in [0.717, 1.165) is 16.7 Å². The summed E-state index contributed by atoms with van der Waals surface area (Å²) in [5.74, 6) is -0.251. The third kappa shape index (κ3) is 3.73. The minimum atomic E-state index is -0.162. The van der Waals surface area contributed by atoms with E-state index in [2.05, 4.69) is 10.6 Å². The molecule has 2 aromatic rings. The van der Waals surface area contributed by atoms with Crippen LogP contribution < -0.4 is 10.6 Å². The molecule has 0 atom stereocenters. The van der Waals surface area contributed by atoms with E-state index < -0.39 is 0 Å². The Balaban J connectivity index is 2.25. The minimum absolute atomic E-state index is 0.0894. The van der Waals surface area contributed by atoms with E-state index in [-0.39, 0.29) is 18.2 Å². The Morgan fingerprint density at radius 3 is 2.50 bits per heavy atom. The molecule has 114 valence electrons. The number of nitrogens with one attached hydrogen (secondary N) is 2. The van der Waals surface area contributed by atoms with Gasteiger partial charge in [-0.3, -0.25) is 9.59 Å². The van der Waals surface area contributed by atoms with Crippen molar-refractivity contribution in [3.05, 3.63) is 64.7 Å². The summed E-state index contributed by atoms with van der Waals surface area (Å²) in [6.07, 6.45) is 0.236. The Morgan fingerprint density at radius 1 is 1.05 bits per heavy atom. The summed E-state index contributed by atoms with van der Waals surface area (Å²) in [5.41, 5.74) is 4.06. The van der Waals surface area contributed by atoms with Crippen LogP contribution in [0.1, 0.15) is 27.0 Å². The number of aryl methyl sites for hydroxylation is 2. The SMILES string of the molecule is CNC(=O)Cc1ccccc1NC(=O)c1cc(C)ccc1C. The Hall–Kier alpha value is -2.62. The molecule has 2 rings (SSSR count). The van der Waals surface area contributed by atoms with Gasteiger partial charge in [-0.2, -0.15) is 0 Å². The number of benzene rings is 2. The van der Waals surface area contributed by atoms with Crippen LogP contribution in [-0.2, 0) is 11.2 Å². The maximum Gasteiger partial charge on any atom is 0.255 e. The lowest BCUT2D eigenvalue weighted by Crippen LogP contribution is -2.21. The maximum absolute atomic E-state index is 12.5. The number of amides is 2. The lowest BCUT2D eigenvalue weighted by atomic mass is 10.0. The molecule has 0 bridgehead atoms. The highest BCUT2D eigenvalue weighted by molar-refractivity contribution is 6.06. The van der Waals surface area contributed by atoms with Crippen LogP contribution in [0.3, 0.4) is 0 Å². The Bertz CT molecular complexity index is 708. The number of carbonyl (C=O) groups excluding carboxylic acids is 2. The first-order chi connectivity index (χ1) is 10.5. The zero-order valence-electron chi connectivity index (χ0n) is 13.1. The number of carbonyl (C=O) groups is 2. The fraction of sp³-hybridized carbons (Fsp3) is 0.222. The van der Waals surface area contributed by atoms with E-state index in [1.165, 1.54) is 0 Å². The van der Waals surface area contributed by atoms with Gasteiger partial charge in [0.25, 0.3) is 5.91 Å². The summed E-state index contributed by atoms with van der Waals surface area (Å²) in [6, 6.07) is 13.1. The zero-order chi connectivity index (χ0) is 16.1. The Morgan fingerprint density at radius 2 is 1.77 bits per heavy atom. The minimum Gasteiger partial charge on any atom is -0.359 e. The molecule has 0 heterocycles. The first-order valence-corrected chi connectivity index (χ1v) is 7.18. The first kappa shape index (κ1) is 15.8. The van der Waals surface area contributed by atoms with Crippen molar-refractivity contribution < 1.29 is 9.59 Å². The molecule has 4 nitrogen and oxygen atoms in total. The summed E-state index contributed by atoms with van der Waals surface area (Å²) in [5, 5.41) is 5.50. The zero-order valence-corrected chi connectivity index (χ0v) is 13.1. The number of hydrogen-bond donors (Lipinski definition) is 2. The standard InChI is InChI=1S/C18H20N2O2/c1-12-8-9-13(2)15(10-12)18(22)20-16-7-5-4-6-14(16)11-17(21)19-3/h4-10H,11H2,1-3H3,(H,19,21)(H,20,22). The van der Waals surface area contributed by atoms with Crippen LogP contribution in [-0.4, -0.2) is 18.9 Å². The normalized spacial score (nSPS) is 10.1. The fourth-order valence-corrected chi connectivity index (χ4v) is 2.23. The Kier molecular flexibility index (Phi) is 4.94. The molecule has 0 aromatic heterocycles. The van der Waals surface area contributed by atoms with Gasteiger partial charge in [0.1, 0.15) is 0 Å². The smallest absolute Gasteiger partial charge is 0.255 e. The quantitative estimate of drug-likeness (QED) is 0.911. The predicted molar refractivity (Wildman–Crippen MR) is 88.1 cm³/mol. The van der Waals surface area contributed by atoms with Crippen molar-refractivity contribution in [2.24, 2.45) is 0 Å². The highest BCUT2D eigenvalue weighted by atomic mass is 16.2. The van der Waals surface area contributed by atoms with Crippen molar-refractivity contribution in [1.29, 1.82) is 0 Å². The van der Waals surface area contributed by atoms with Crippen LogP contribution in [0.15, 0.2) is 42.5 Å². The van der Waals surface area contributed by atoms with E-state index >= 15 is 0 Å². The Labute approximate surface area is 130 Å². The summed E-state index contributed by atoms with van der Waals surface area (Å²) >= 11 is 0. The fourth-order valence-electron chi connectivity index (χ4n) is 2.23. The molecule has 0 radical (unpaired) electrons. The monoisotopic (exact) mass is 296 g/mol. The molecule has 0 unspecified atom stereocenters. The molecule has 0 saturated carbocycles. The molecule has 22 heavy (non-hydrogen) atoms. The number of likely N-dealkylation sites (N-methyl/N-ethyl adjacent to an activating group) is 1. The van der Waals surface area contributed by atoms with Gasteiger partial charge in [-0.25, -0.2) is 0 Å². The van der Waals surface area contributed by atoms with Crippen molar-refractivity contribution in [2.45, 2.75) is 20.3 Å².